The maximum absolute atomic E-state index is 12.3. The van der Waals surface area contributed by atoms with Crippen LogP contribution in [0.25, 0.3) is 0 Å². The fourth-order valence-corrected chi connectivity index (χ4v) is 2.70. The summed E-state index contributed by atoms with van der Waals surface area (Å²) in [5, 5.41) is 9.42. The van der Waals surface area contributed by atoms with Crippen LogP contribution in [0, 0.1) is 6.92 Å². The maximum Gasteiger partial charge on any atom is 0.255 e. The van der Waals surface area contributed by atoms with E-state index in [1.165, 1.54) is 0 Å². The van der Waals surface area contributed by atoms with E-state index in [0.717, 1.165) is 10.0 Å². The van der Waals surface area contributed by atoms with Crippen LogP contribution in [-0.4, -0.2) is 35.1 Å². The molecule has 1 fully saturated rings. The Kier molecular flexibility index (Phi) is 3.84. The number of piperidine rings is 1. The number of aryl methyl sites for hydroxylation is 1. The second-order valence-corrected chi connectivity index (χ2v) is 5.36. The summed E-state index contributed by atoms with van der Waals surface area (Å²) < 4.78 is 0.841. The topological polar surface area (TPSA) is 40.5 Å². The molecule has 1 aliphatic heterocycles. The molecule has 0 bridgehead atoms. The maximum atomic E-state index is 12.3. The van der Waals surface area contributed by atoms with Crippen molar-refractivity contribution in [3.05, 3.63) is 33.8 Å². The molecule has 4 heteroatoms. The molecule has 1 aliphatic rings. The Morgan fingerprint density at radius 3 is 2.65 bits per heavy atom. The number of aliphatic hydroxyl groups excluding tert-OH is 1. The van der Waals surface area contributed by atoms with E-state index < -0.39 is 0 Å². The van der Waals surface area contributed by atoms with Gasteiger partial charge < -0.3 is 10.0 Å². The van der Waals surface area contributed by atoms with Gasteiger partial charge in [-0.05, 0) is 53.4 Å². The molecule has 0 saturated carbocycles. The summed E-state index contributed by atoms with van der Waals surface area (Å²) in [6.07, 6.45) is 1.10. The van der Waals surface area contributed by atoms with E-state index in [1.807, 2.05) is 30.0 Å². The van der Waals surface area contributed by atoms with Crippen LogP contribution >= 0.6 is 15.9 Å². The van der Waals surface area contributed by atoms with Crippen molar-refractivity contribution < 1.29 is 9.90 Å². The zero-order valence-corrected chi connectivity index (χ0v) is 11.4. The largest absolute Gasteiger partial charge is 0.393 e. The Balaban J connectivity index is 2.14. The molecule has 1 aromatic carbocycles. The molecule has 3 nitrogen and oxygen atoms in total. The third-order valence-electron chi connectivity index (χ3n) is 3.11. The first-order valence-electron chi connectivity index (χ1n) is 5.81. The number of carbonyl (C=O) groups excluding carboxylic acids is 1. The van der Waals surface area contributed by atoms with Crippen LogP contribution in [0.5, 0.6) is 0 Å². The minimum Gasteiger partial charge on any atom is -0.393 e. The summed E-state index contributed by atoms with van der Waals surface area (Å²) in [4.78, 5) is 14.1. The second kappa shape index (κ2) is 5.19. The Hall–Kier alpha value is -0.870. The highest BCUT2D eigenvalue weighted by atomic mass is 79.9. The number of amides is 1. The van der Waals surface area contributed by atoms with Crippen molar-refractivity contribution in [1.29, 1.82) is 0 Å². The van der Waals surface area contributed by atoms with Gasteiger partial charge in [0.15, 0.2) is 0 Å². The minimum atomic E-state index is -0.250. The van der Waals surface area contributed by atoms with Crippen LogP contribution in [-0.2, 0) is 0 Å². The van der Waals surface area contributed by atoms with Crippen molar-refractivity contribution >= 4 is 21.8 Å². The minimum absolute atomic E-state index is 0.0452. The molecule has 1 aromatic rings. The molecular weight excluding hydrogens is 282 g/mol. The zero-order chi connectivity index (χ0) is 12.4. The standard InChI is InChI=1S/C13H16BrNO2/c1-9-2-3-11(12(14)8-9)13(17)15-6-4-10(16)5-7-15/h2-3,8,10,16H,4-7H2,1H3. The van der Waals surface area contributed by atoms with Crippen molar-refractivity contribution in [2.75, 3.05) is 13.1 Å². The fourth-order valence-electron chi connectivity index (χ4n) is 2.03. The summed E-state index contributed by atoms with van der Waals surface area (Å²) in [5.74, 6) is 0.0452. The van der Waals surface area contributed by atoms with Gasteiger partial charge in [0.05, 0.1) is 11.7 Å². The lowest BCUT2D eigenvalue weighted by molar-refractivity contribution is 0.0546. The van der Waals surface area contributed by atoms with Gasteiger partial charge in [-0.25, -0.2) is 0 Å². The first kappa shape index (κ1) is 12.6. The number of aliphatic hydroxyl groups is 1. The third-order valence-corrected chi connectivity index (χ3v) is 3.76. The molecule has 0 unspecified atom stereocenters. The van der Waals surface area contributed by atoms with Gasteiger partial charge in [-0.15, -0.1) is 0 Å². The first-order chi connectivity index (χ1) is 8.08. The van der Waals surface area contributed by atoms with E-state index in [-0.39, 0.29) is 12.0 Å². The van der Waals surface area contributed by atoms with Gasteiger partial charge >= 0.3 is 0 Å². The summed E-state index contributed by atoms with van der Waals surface area (Å²) in [6, 6.07) is 5.75. The Bertz CT molecular complexity index is 425. The average molecular weight is 298 g/mol. The number of benzene rings is 1. The van der Waals surface area contributed by atoms with Gasteiger partial charge in [0.1, 0.15) is 0 Å². The van der Waals surface area contributed by atoms with Crippen LogP contribution in [0.2, 0.25) is 0 Å². The van der Waals surface area contributed by atoms with E-state index in [2.05, 4.69) is 15.9 Å². The number of likely N-dealkylation sites (tertiary alicyclic amines) is 1. The Morgan fingerprint density at radius 1 is 1.41 bits per heavy atom. The quantitative estimate of drug-likeness (QED) is 0.864. The first-order valence-corrected chi connectivity index (χ1v) is 6.60. The van der Waals surface area contributed by atoms with Gasteiger partial charge in [0.2, 0.25) is 0 Å². The summed E-state index contributed by atoms with van der Waals surface area (Å²) in [7, 11) is 0. The molecule has 1 heterocycles. The van der Waals surface area contributed by atoms with Crippen LogP contribution in [0.4, 0.5) is 0 Å². The van der Waals surface area contributed by atoms with Crippen LogP contribution < -0.4 is 0 Å². The van der Waals surface area contributed by atoms with E-state index >= 15 is 0 Å². The molecule has 92 valence electrons. The van der Waals surface area contributed by atoms with Gasteiger partial charge in [-0.3, -0.25) is 4.79 Å². The summed E-state index contributed by atoms with van der Waals surface area (Å²) in [6.45, 7) is 3.27. The molecule has 0 spiro atoms. The molecule has 0 radical (unpaired) electrons. The van der Waals surface area contributed by atoms with Gasteiger partial charge in [-0.2, -0.15) is 0 Å². The van der Waals surface area contributed by atoms with Crippen LogP contribution in [0.1, 0.15) is 28.8 Å². The lowest BCUT2D eigenvalue weighted by Gasteiger charge is -2.29. The highest BCUT2D eigenvalue weighted by Gasteiger charge is 2.23. The molecule has 0 aromatic heterocycles. The van der Waals surface area contributed by atoms with Crippen LogP contribution in [0.3, 0.4) is 0 Å². The average Bonchev–Trinajstić information content (AvgIpc) is 2.29. The number of halogens is 1. The monoisotopic (exact) mass is 297 g/mol. The van der Waals surface area contributed by atoms with E-state index in [9.17, 15) is 9.90 Å². The smallest absolute Gasteiger partial charge is 0.255 e. The molecule has 0 aliphatic carbocycles. The predicted octanol–water partition coefficient (Wildman–Crippen LogP) is 2.35. The third kappa shape index (κ3) is 2.87. The van der Waals surface area contributed by atoms with Gasteiger partial charge in [-0.1, -0.05) is 6.07 Å². The SMILES string of the molecule is Cc1ccc(C(=O)N2CCC(O)CC2)c(Br)c1. The highest BCUT2D eigenvalue weighted by molar-refractivity contribution is 9.10. The molecule has 1 amide bonds. The van der Waals surface area contributed by atoms with Crippen molar-refractivity contribution in [1.82, 2.24) is 4.90 Å². The van der Waals surface area contributed by atoms with Crippen molar-refractivity contribution in [3.63, 3.8) is 0 Å². The number of hydrogen-bond donors (Lipinski definition) is 1. The molecule has 1 saturated heterocycles. The van der Waals surface area contributed by atoms with Crippen molar-refractivity contribution in [2.24, 2.45) is 0 Å². The van der Waals surface area contributed by atoms with Crippen molar-refractivity contribution in [3.8, 4) is 0 Å². The molecular formula is C13H16BrNO2. The molecule has 0 atom stereocenters. The second-order valence-electron chi connectivity index (χ2n) is 4.51. The number of carbonyl (C=O) groups is 1. The number of nitrogens with zero attached hydrogens (tertiary/aromatic N) is 1. The Morgan fingerprint density at radius 2 is 2.06 bits per heavy atom. The lowest BCUT2D eigenvalue weighted by atomic mass is 10.1. The van der Waals surface area contributed by atoms with Gasteiger partial charge in [0, 0.05) is 17.6 Å². The van der Waals surface area contributed by atoms with E-state index in [0.29, 0.717) is 31.5 Å². The van der Waals surface area contributed by atoms with E-state index in [4.69, 9.17) is 0 Å². The number of rotatable bonds is 1. The van der Waals surface area contributed by atoms with Crippen LogP contribution in [0.15, 0.2) is 22.7 Å². The predicted molar refractivity (Wildman–Crippen MR) is 70.0 cm³/mol. The van der Waals surface area contributed by atoms with E-state index in [1.54, 1.807) is 0 Å². The number of hydrogen-bond acceptors (Lipinski definition) is 2. The highest BCUT2D eigenvalue weighted by Crippen LogP contribution is 2.21. The van der Waals surface area contributed by atoms with Crippen molar-refractivity contribution in [2.45, 2.75) is 25.9 Å². The summed E-state index contributed by atoms with van der Waals surface area (Å²) in [5.41, 5.74) is 1.83. The zero-order valence-electron chi connectivity index (χ0n) is 9.82. The Labute approximate surface area is 110 Å². The lowest BCUT2D eigenvalue weighted by Crippen LogP contribution is -2.40. The fraction of sp³-hybridized carbons (Fsp3) is 0.462. The summed E-state index contributed by atoms with van der Waals surface area (Å²) >= 11 is 3.43. The normalized spacial score (nSPS) is 17.2. The van der Waals surface area contributed by atoms with Gasteiger partial charge in [0.25, 0.3) is 5.91 Å². The molecule has 2 rings (SSSR count). The molecule has 17 heavy (non-hydrogen) atoms. The molecule has 1 N–H and O–H groups in total.